The molecule has 0 saturated heterocycles. The summed E-state index contributed by atoms with van der Waals surface area (Å²) in [5.74, 6) is 0.818. The van der Waals surface area contributed by atoms with Gasteiger partial charge >= 0.3 is 5.97 Å². The zero-order chi connectivity index (χ0) is 15.7. The van der Waals surface area contributed by atoms with Crippen molar-refractivity contribution in [2.24, 2.45) is 0 Å². The van der Waals surface area contributed by atoms with Crippen LogP contribution in [0, 0.1) is 6.92 Å². The highest BCUT2D eigenvalue weighted by molar-refractivity contribution is 5.74. The van der Waals surface area contributed by atoms with E-state index in [1.165, 1.54) is 23.8 Å². The summed E-state index contributed by atoms with van der Waals surface area (Å²) in [6.45, 7) is 3.11. The second kappa shape index (κ2) is 5.36. The average molecular weight is 299 g/mol. The van der Waals surface area contributed by atoms with Gasteiger partial charge in [-0.15, -0.1) is 0 Å². The molecule has 0 aliphatic carbocycles. The van der Waals surface area contributed by atoms with Crippen molar-refractivity contribution in [3.63, 3.8) is 0 Å². The van der Waals surface area contributed by atoms with Gasteiger partial charge in [0.2, 0.25) is 5.88 Å². The fraction of sp³-hybridized carbons (Fsp3) is 0.133. The molecule has 3 rings (SSSR count). The minimum Gasteiger partial charge on any atom is -0.508 e. The topological polar surface area (TPSA) is 86.0 Å². The summed E-state index contributed by atoms with van der Waals surface area (Å²) < 4.78 is 12.4. The first kappa shape index (κ1) is 13.9. The van der Waals surface area contributed by atoms with Crippen LogP contribution in [-0.2, 0) is 4.79 Å². The molecule has 0 spiro atoms. The molecule has 112 valence electrons. The second-order valence-corrected chi connectivity index (χ2v) is 4.67. The number of esters is 1. The van der Waals surface area contributed by atoms with E-state index in [4.69, 9.17) is 9.47 Å². The zero-order valence-corrected chi connectivity index (χ0v) is 12.0. The van der Waals surface area contributed by atoms with Gasteiger partial charge in [-0.2, -0.15) is 10.1 Å². The van der Waals surface area contributed by atoms with Crippen molar-refractivity contribution >= 4 is 11.5 Å². The number of rotatable bonds is 3. The first-order valence-corrected chi connectivity index (χ1v) is 6.53. The molecule has 0 fully saturated rings. The molecule has 22 heavy (non-hydrogen) atoms. The average Bonchev–Trinajstić information content (AvgIpc) is 2.76. The van der Waals surface area contributed by atoms with Crippen LogP contribution in [0.15, 0.2) is 36.8 Å². The van der Waals surface area contributed by atoms with Crippen molar-refractivity contribution in [3.05, 3.63) is 42.4 Å². The van der Waals surface area contributed by atoms with Crippen LogP contribution in [0.1, 0.15) is 12.5 Å². The normalized spacial score (nSPS) is 10.6. The summed E-state index contributed by atoms with van der Waals surface area (Å²) >= 11 is 0. The molecule has 2 aromatic heterocycles. The summed E-state index contributed by atoms with van der Waals surface area (Å²) in [5, 5.41) is 13.6. The number of hydrogen-bond acceptors (Lipinski definition) is 6. The Hall–Kier alpha value is -3.09. The molecule has 0 atom stereocenters. The highest BCUT2D eigenvalue weighted by Crippen LogP contribution is 2.32. The van der Waals surface area contributed by atoms with E-state index in [2.05, 4.69) is 10.1 Å². The lowest BCUT2D eigenvalue weighted by molar-refractivity contribution is -0.131. The summed E-state index contributed by atoms with van der Waals surface area (Å²) in [5.41, 5.74) is 1.27. The number of benzene rings is 1. The number of carbonyl (C=O) groups is 1. The molecule has 2 heterocycles. The van der Waals surface area contributed by atoms with Gasteiger partial charge in [0.25, 0.3) is 0 Å². The molecule has 0 bridgehead atoms. The van der Waals surface area contributed by atoms with Crippen molar-refractivity contribution in [3.8, 4) is 23.1 Å². The van der Waals surface area contributed by atoms with E-state index in [1.54, 1.807) is 31.3 Å². The molecule has 1 aromatic carbocycles. The van der Waals surface area contributed by atoms with Gasteiger partial charge in [-0.05, 0) is 19.1 Å². The van der Waals surface area contributed by atoms with Crippen molar-refractivity contribution < 1.29 is 19.4 Å². The number of ether oxygens (including phenoxy) is 2. The fourth-order valence-electron chi connectivity index (χ4n) is 2.10. The molecule has 0 saturated carbocycles. The van der Waals surface area contributed by atoms with Crippen LogP contribution >= 0.6 is 0 Å². The highest BCUT2D eigenvalue weighted by Gasteiger charge is 2.16. The van der Waals surface area contributed by atoms with Gasteiger partial charge in [-0.1, -0.05) is 6.07 Å². The molecule has 0 aliphatic rings. The van der Waals surface area contributed by atoms with Gasteiger partial charge in [-0.3, -0.25) is 4.79 Å². The van der Waals surface area contributed by atoms with E-state index < -0.39 is 5.97 Å². The summed E-state index contributed by atoms with van der Waals surface area (Å²) in [4.78, 5) is 15.2. The van der Waals surface area contributed by atoms with E-state index in [9.17, 15) is 9.90 Å². The largest absolute Gasteiger partial charge is 0.508 e. The Morgan fingerprint density at radius 3 is 2.91 bits per heavy atom. The standard InChI is InChI=1S/C15H13N3O4/c1-9-13(21-10(2)19)7-18-14(9)15(16-8-17-18)22-12-5-3-4-11(20)6-12/h3-8,20H,1-2H3. The van der Waals surface area contributed by atoms with E-state index >= 15 is 0 Å². The Balaban J connectivity index is 2.06. The maximum atomic E-state index is 11.1. The quantitative estimate of drug-likeness (QED) is 0.748. The minimum absolute atomic E-state index is 0.0929. The number of aromatic nitrogens is 3. The predicted molar refractivity (Wildman–Crippen MR) is 77.2 cm³/mol. The molecule has 3 aromatic rings. The van der Waals surface area contributed by atoms with Gasteiger partial charge in [0, 0.05) is 18.6 Å². The van der Waals surface area contributed by atoms with Crippen LogP contribution in [0.5, 0.6) is 23.1 Å². The monoisotopic (exact) mass is 299 g/mol. The summed E-state index contributed by atoms with van der Waals surface area (Å²) in [7, 11) is 0. The van der Waals surface area contributed by atoms with Crippen LogP contribution in [0.3, 0.4) is 0 Å². The number of fused-ring (bicyclic) bond motifs is 1. The Labute approximate surface area is 125 Å². The molecule has 0 radical (unpaired) electrons. The fourth-order valence-corrected chi connectivity index (χ4v) is 2.10. The third kappa shape index (κ3) is 2.56. The molecule has 0 unspecified atom stereocenters. The highest BCUT2D eigenvalue weighted by atomic mass is 16.5. The van der Waals surface area contributed by atoms with Crippen LogP contribution in [-0.4, -0.2) is 25.7 Å². The van der Waals surface area contributed by atoms with E-state index in [0.717, 1.165) is 0 Å². The molecular formula is C15H13N3O4. The van der Waals surface area contributed by atoms with Gasteiger partial charge in [0.1, 0.15) is 23.3 Å². The van der Waals surface area contributed by atoms with E-state index in [-0.39, 0.29) is 5.75 Å². The van der Waals surface area contributed by atoms with Crippen molar-refractivity contribution in [1.82, 2.24) is 14.6 Å². The third-order valence-corrected chi connectivity index (χ3v) is 3.03. The summed E-state index contributed by atoms with van der Waals surface area (Å²) in [6, 6.07) is 6.38. The Morgan fingerprint density at radius 2 is 2.18 bits per heavy atom. The molecule has 0 amide bonds. The molecule has 1 N–H and O–H groups in total. The lowest BCUT2D eigenvalue weighted by atomic mass is 10.3. The Bertz CT molecular complexity index is 857. The second-order valence-electron chi connectivity index (χ2n) is 4.67. The zero-order valence-electron chi connectivity index (χ0n) is 12.0. The number of nitrogens with zero attached hydrogens (tertiary/aromatic N) is 3. The van der Waals surface area contributed by atoms with Gasteiger partial charge in [0.15, 0.2) is 5.75 Å². The maximum absolute atomic E-state index is 11.1. The van der Waals surface area contributed by atoms with Crippen LogP contribution in [0.4, 0.5) is 0 Å². The van der Waals surface area contributed by atoms with Crippen molar-refractivity contribution in [1.29, 1.82) is 0 Å². The number of phenolic OH excluding ortho intramolecular Hbond substituents is 1. The van der Waals surface area contributed by atoms with Crippen molar-refractivity contribution in [2.45, 2.75) is 13.8 Å². The maximum Gasteiger partial charge on any atom is 0.308 e. The smallest absolute Gasteiger partial charge is 0.308 e. The van der Waals surface area contributed by atoms with Crippen molar-refractivity contribution in [2.75, 3.05) is 0 Å². The molecule has 7 nitrogen and oxygen atoms in total. The van der Waals surface area contributed by atoms with Crippen LogP contribution in [0.25, 0.3) is 5.52 Å². The first-order chi connectivity index (χ1) is 10.5. The molecule has 7 heteroatoms. The molecule has 0 aliphatic heterocycles. The van der Waals surface area contributed by atoms with Gasteiger partial charge < -0.3 is 14.6 Å². The lowest BCUT2D eigenvalue weighted by Gasteiger charge is -2.06. The van der Waals surface area contributed by atoms with Gasteiger partial charge in [-0.25, -0.2) is 4.52 Å². The molecular weight excluding hydrogens is 286 g/mol. The lowest BCUT2D eigenvalue weighted by Crippen LogP contribution is -2.01. The minimum atomic E-state index is -0.414. The number of carbonyl (C=O) groups excluding carboxylic acids is 1. The van der Waals surface area contributed by atoms with E-state index in [0.29, 0.717) is 28.5 Å². The van der Waals surface area contributed by atoms with E-state index in [1.807, 2.05) is 0 Å². The van der Waals surface area contributed by atoms with Crippen LogP contribution < -0.4 is 9.47 Å². The number of aryl methyl sites for hydroxylation is 1. The number of phenols is 1. The van der Waals surface area contributed by atoms with Gasteiger partial charge in [0.05, 0.1) is 6.20 Å². The number of aromatic hydroxyl groups is 1. The Morgan fingerprint density at radius 1 is 1.36 bits per heavy atom. The Kier molecular flexibility index (Phi) is 3.38. The number of hydrogen-bond donors (Lipinski definition) is 1. The summed E-state index contributed by atoms with van der Waals surface area (Å²) in [6.07, 6.45) is 2.92. The third-order valence-electron chi connectivity index (χ3n) is 3.03. The SMILES string of the molecule is CC(=O)Oc1cn2ncnc(Oc3cccc(O)c3)c2c1C. The van der Waals surface area contributed by atoms with Crippen LogP contribution in [0.2, 0.25) is 0 Å². The first-order valence-electron chi connectivity index (χ1n) is 6.53. The predicted octanol–water partition coefficient (Wildman–Crippen LogP) is 2.46.